The van der Waals surface area contributed by atoms with Crippen LogP contribution in [-0.4, -0.2) is 19.0 Å². The molecule has 1 N–H and O–H groups in total. The number of para-hydroxylation sites is 1. The van der Waals surface area contributed by atoms with Crippen LogP contribution in [-0.2, 0) is 11.2 Å². The first-order valence-corrected chi connectivity index (χ1v) is 7.90. The maximum atomic E-state index is 12.4. The van der Waals surface area contributed by atoms with Crippen molar-refractivity contribution in [3.63, 3.8) is 0 Å². The van der Waals surface area contributed by atoms with E-state index in [-0.39, 0.29) is 11.9 Å². The van der Waals surface area contributed by atoms with Gasteiger partial charge in [0.1, 0.15) is 0 Å². The van der Waals surface area contributed by atoms with E-state index in [2.05, 4.69) is 18.3 Å². The summed E-state index contributed by atoms with van der Waals surface area (Å²) in [5.41, 5.74) is 3.43. The van der Waals surface area contributed by atoms with Gasteiger partial charge in [0.25, 0.3) is 0 Å². The summed E-state index contributed by atoms with van der Waals surface area (Å²) < 4.78 is 0. The highest BCUT2D eigenvalue weighted by Gasteiger charge is 2.23. The number of carbonyl (C=O) groups is 1. The molecule has 0 aromatic heterocycles. The summed E-state index contributed by atoms with van der Waals surface area (Å²) in [5, 5.41) is 4.01. The van der Waals surface area contributed by atoms with Crippen LogP contribution >= 0.6 is 11.6 Å². The predicted octanol–water partition coefficient (Wildman–Crippen LogP) is 3.58. The van der Waals surface area contributed by atoms with Crippen LogP contribution in [0.25, 0.3) is 0 Å². The summed E-state index contributed by atoms with van der Waals surface area (Å²) in [5.74, 6) is 0.116. The van der Waals surface area contributed by atoms with E-state index in [1.165, 1.54) is 5.56 Å². The van der Waals surface area contributed by atoms with Crippen molar-refractivity contribution in [1.29, 1.82) is 0 Å². The zero-order valence-electron chi connectivity index (χ0n) is 12.6. The number of benzene rings is 2. The lowest BCUT2D eigenvalue weighted by Crippen LogP contribution is -2.38. The third-order valence-corrected chi connectivity index (χ3v) is 4.37. The Kier molecular flexibility index (Phi) is 4.46. The predicted molar refractivity (Wildman–Crippen MR) is 90.4 cm³/mol. The largest absolute Gasteiger partial charge is 0.311 e. The number of halogens is 1. The van der Waals surface area contributed by atoms with E-state index in [1.54, 1.807) is 0 Å². The van der Waals surface area contributed by atoms with E-state index in [0.29, 0.717) is 6.54 Å². The molecule has 3 rings (SSSR count). The van der Waals surface area contributed by atoms with Gasteiger partial charge in [0, 0.05) is 23.3 Å². The van der Waals surface area contributed by atoms with Crippen molar-refractivity contribution < 1.29 is 4.79 Å². The minimum Gasteiger partial charge on any atom is -0.311 e. The summed E-state index contributed by atoms with van der Waals surface area (Å²) >= 11 is 5.90. The molecule has 1 aliphatic rings. The number of carbonyl (C=O) groups excluding carboxylic acids is 1. The Balaban J connectivity index is 1.60. The molecule has 4 heteroatoms. The second-order valence-corrected chi connectivity index (χ2v) is 6.01. The fraction of sp³-hybridized carbons (Fsp3) is 0.278. The minimum atomic E-state index is 0.110. The number of anilines is 1. The lowest BCUT2D eigenvalue weighted by atomic mass is 10.1. The van der Waals surface area contributed by atoms with Crippen molar-refractivity contribution in [3.05, 3.63) is 64.7 Å². The zero-order valence-corrected chi connectivity index (χ0v) is 13.3. The highest BCUT2D eigenvalue weighted by Crippen LogP contribution is 2.27. The van der Waals surface area contributed by atoms with Crippen LogP contribution in [0.1, 0.15) is 24.1 Å². The van der Waals surface area contributed by atoms with Gasteiger partial charge < -0.3 is 10.2 Å². The van der Waals surface area contributed by atoms with Crippen molar-refractivity contribution in [3.8, 4) is 0 Å². The Morgan fingerprint density at radius 1 is 1.23 bits per heavy atom. The van der Waals surface area contributed by atoms with E-state index >= 15 is 0 Å². The molecule has 2 aromatic rings. The van der Waals surface area contributed by atoms with E-state index in [1.807, 2.05) is 47.4 Å². The number of nitrogens with zero attached hydrogens (tertiary/aromatic N) is 1. The van der Waals surface area contributed by atoms with Crippen LogP contribution in [0.5, 0.6) is 0 Å². The fourth-order valence-electron chi connectivity index (χ4n) is 2.80. The Bertz CT molecular complexity index is 669. The van der Waals surface area contributed by atoms with Crippen molar-refractivity contribution in [1.82, 2.24) is 5.32 Å². The molecule has 0 radical (unpaired) electrons. The van der Waals surface area contributed by atoms with E-state index in [4.69, 9.17) is 11.6 Å². The molecule has 0 unspecified atom stereocenters. The molecule has 22 heavy (non-hydrogen) atoms. The molecule has 3 nitrogen and oxygen atoms in total. The Labute approximate surface area is 135 Å². The molecule has 0 fully saturated rings. The standard InChI is InChI=1S/C18H19ClN2O/c1-13(14-6-8-16(19)9-7-14)20-12-18(22)21-11-10-15-4-2-3-5-17(15)21/h2-9,13,20H,10-12H2,1H3/t13-/m1/s1. The normalized spacial score (nSPS) is 14.7. The van der Waals surface area contributed by atoms with Gasteiger partial charge >= 0.3 is 0 Å². The van der Waals surface area contributed by atoms with Crippen LogP contribution in [0, 0.1) is 0 Å². The van der Waals surface area contributed by atoms with Gasteiger partial charge in [-0.3, -0.25) is 4.79 Å². The molecule has 1 heterocycles. The van der Waals surface area contributed by atoms with Crippen molar-refractivity contribution >= 4 is 23.2 Å². The topological polar surface area (TPSA) is 32.3 Å². The van der Waals surface area contributed by atoms with Crippen LogP contribution in [0.4, 0.5) is 5.69 Å². The van der Waals surface area contributed by atoms with E-state index < -0.39 is 0 Å². The summed E-state index contributed by atoms with van der Waals surface area (Å²) in [6, 6.07) is 15.9. The fourth-order valence-corrected chi connectivity index (χ4v) is 2.93. The summed E-state index contributed by atoms with van der Waals surface area (Å²) in [4.78, 5) is 14.3. The maximum absolute atomic E-state index is 12.4. The second kappa shape index (κ2) is 6.51. The molecule has 1 amide bonds. The molecule has 1 aliphatic heterocycles. The quantitative estimate of drug-likeness (QED) is 0.935. The molecule has 114 valence electrons. The molecular weight excluding hydrogens is 296 g/mol. The third-order valence-electron chi connectivity index (χ3n) is 4.12. The Morgan fingerprint density at radius 2 is 1.95 bits per heavy atom. The lowest BCUT2D eigenvalue weighted by Gasteiger charge is -2.20. The Morgan fingerprint density at radius 3 is 2.73 bits per heavy atom. The summed E-state index contributed by atoms with van der Waals surface area (Å²) in [6.45, 7) is 3.15. The summed E-state index contributed by atoms with van der Waals surface area (Å²) in [6.07, 6.45) is 0.939. The van der Waals surface area contributed by atoms with Crippen LogP contribution in [0.2, 0.25) is 5.02 Å². The van der Waals surface area contributed by atoms with Gasteiger partial charge in [-0.05, 0) is 42.7 Å². The third kappa shape index (κ3) is 3.16. The average Bonchev–Trinajstić information content (AvgIpc) is 2.97. The maximum Gasteiger partial charge on any atom is 0.240 e. The van der Waals surface area contributed by atoms with Crippen LogP contribution in [0.3, 0.4) is 0 Å². The minimum absolute atomic E-state index is 0.110. The van der Waals surface area contributed by atoms with Gasteiger partial charge in [-0.15, -0.1) is 0 Å². The first-order valence-electron chi connectivity index (χ1n) is 7.52. The number of nitrogens with one attached hydrogen (secondary N) is 1. The van der Waals surface area contributed by atoms with Crippen molar-refractivity contribution in [2.45, 2.75) is 19.4 Å². The van der Waals surface area contributed by atoms with E-state index in [9.17, 15) is 4.79 Å². The molecular formula is C18H19ClN2O. The highest BCUT2D eigenvalue weighted by molar-refractivity contribution is 6.30. The molecule has 0 saturated carbocycles. The number of hydrogen-bond donors (Lipinski definition) is 1. The van der Waals surface area contributed by atoms with Crippen molar-refractivity contribution in [2.24, 2.45) is 0 Å². The van der Waals surface area contributed by atoms with Gasteiger partial charge in [-0.2, -0.15) is 0 Å². The van der Waals surface area contributed by atoms with Crippen LogP contribution < -0.4 is 10.2 Å². The molecule has 0 spiro atoms. The first kappa shape index (κ1) is 15.1. The smallest absolute Gasteiger partial charge is 0.240 e. The van der Waals surface area contributed by atoms with Crippen molar-refractivity contribution in [2.75, 3.05) is 18.0 Å². The van der Waals surface area contributed by atoms with E-state index in [0.717, 1.165) is 29.2 Å². The zero-order chi connectivity index (χ0) is 15.5. The van der Waals surface area contributed by atoms with Gasteiger partial charge in [-0.25, -0.2) is 0 Å². The number of amides is 1. The monoisotopic (exact) mass is 314 g/mol. The SMILES string of the molecule is C[C@@H](NCC(=O)N1CCc2ccccc21)c1ccc(Cl)cc1. The van der Waals surface area contributed by atoms with Gasteiger partial charge in [0.05, 0.1) is 6.54 Å². The average molecular weight is 315 g/mol. The Hall–Kier alpha value is -1.84. The lowest BCUT2D eigenvalue weighted by molar-refractivity contribution is -0.117. The molecule has 0 bridgehead atoms. The molecule has 0 aliphatic carbocycles. The molecule has 2 aromatic carbocycles. The second-order valence-electron chi connectivity index (χ2n) is 5.58. The van der Waals surface area contributed by atoms with Crippen LogP contribution in [0.15, 0.2) is 48.5 Å². The molecule has 0 saturated heterocycles. The van der Waals surface area contributed by atoms with Gasteiger partial charge in [0.15, 0.2) is 0 Å². The summed E-state index contributed by atoms with van der Waals surface area (Å²) in [7, 11) is 0. The number of hydrogen-bond acceptors (Lipinski definition) is 2. The number of rotatable bonds is 4. The molecule has 1 atom stereocenters. The first-order chi connectivity index (χ1) is 10.6. The number of fused-ring (bicyclic) bond motifs is 1. The van der Waals surface area contributed by atoms with Gasteiger partial charge in [-0.1, -0.05) is 41.9 Å². The highest BCUT2D eigenvalue weighted by atomic mass is 35.5. The van der Waals surface area contributed by atoms with Gasteiger partial charge in [0.2, 0.25) is 5.91 Å².